The molecule has 0 saturated heterocycles. The van der Waals surface area contributed by atoms with E-state index in [0.717, 1.165) is 0 Å². The molecule has 0 nitrogen and oxygen atoms in total. The van der Waals surface area contributed by atoms with Crippen molar-refractivity contribution in [2.24, 2.45) is 0 Å². The molecule has 0 aliphatic heterocycles. The van der Waals surface area contributed by atoms with Gasteiger partial charge in [0.15, 0.2) is 0 Å². The molecule has 0 atom stereocenters. The molecule has 4 rings (SSSR count). The second-order valence-corrected chi connectivity index (χ2v) is 10.8. The Balaban J connectivity index is 1.92. The third-order valence-electron chi connectivity index (χ3n) is 6.16. The van der Waals surface area contributed by atoms with E-state index in [2.05, 4.69) is 139 Å². The summed E-state index contributed by atoms with van der Waals surface area (Å²) in [5, 5.41) is 0. The smallest absolute Gasteiger partial charge is 0.0125 e. The minimum atomic E-state index is 0.0351. The van der Waals surface area contributed by atoms with Crippen LogP contribution in [0.25, 0.3) is 33.4 Å². The molecule has 0 aliphatic carbocycles. The number of hydrogen-bond donors (Lipinski definition) is 0. The van der Waals surface area contributed by atoms with Crippen LogP contribution < -0.4 is 0 Å². The van der Waals surface area contributed by atoms with E-state index in [-0.39, 0.29) is 10.8 Å². The van der Waals surface area contributed by atoms with Crippen molar-refractivity contribution in [1.29, 1.82) is 0 Å². The van der Waals surface area contributed by atoms with E-state index in [0.29, 0.717) is 0 Å². The first-order chi connectivity index (χ1) is 15.1. The van der Waals surface area contributed by atoms with Crippen LogP contribution in [0.4, 0.5) is 0 Å². The van der Waals surface area contributed by atoms with Crippen molar-refractivity contribution in [1.82, 2.24) is 0 Å². The van der Waals surface area contributed by atoms with E-state index >= 15 is 0 Å². The van der Waals surface area contributed by atoms with Crippen molar-refractivity contribution in [2.75, 3.05) is 0 Å². The van der Waals surface area contributed by atoms with Crippen molar-refractivity contribution >= 4 is 0 Å². The van der Waals surface area contributed by atoms with Gasteiger partial charge in [-0.25, -0.2) is 0 Å². The van der Waals surface area contributed by atoms with Gasteiger partial charge in [-0.2, -0.15) is 0 Å². The second kappa shape index (κ2) is 8.43. The maximum atomic E-state index is 2.39. The van der Waals surface area contributed by atoms with Crippen LogP contribution in [-0.2, 0) is 10.8 Å². The zero-order valence-electron chi connectivity index (χ0n) is 20.2. The predicted molar refractivity (Wildman–Crippen MR) is 140 cm³/mol. The van der Waals surface area contributed by atoms with Crippen LogP contribution in [0.2, 0.25) is 0 Å². The fourth-order valence-electron chi connectivity index (χ4n) is 4.42. The Bertz CT molecular complexity index is 1100. The van der Waals surface area contributed by atoms with E-state index in [1.54, 1.807) is 0 Å². The molecule has 0 aromatic heterocycles. The lowest BCUT2D eigenvalue weighted by Crippen LogP contribution is -2.16. The van der Waals surface area contributed by atoms with Gasteiger partial charge in [0, 0.05) is 0 Å². The first-order valence-corrected chi connectivity index (χ1v) is 11.5. The molecule has 4 aromatic rings. The summed E-state index contributed by atoms with van der Waals surface area (Å²) in [7, 11) is 0. The first-order valence-electron chi connectivity index (χ1n) is 11.5. The normalized spacial score (nSPS) is 12.1. The SMILES string of the molecule is CC(C)(C)c1cc(-c2ccccc2)ccc1-c1ccc(-c2ccccc2)cc1C(C)(C)C. The van der Waals surface area contributed by atoms with Gasteiger partial charge in [-0.3, -0.25) is 0 Å². The summed E-state index contributed by atoms with van der Waals surface area (Å²) < 4.78 is 0. The maximum absolute atomic E-state index is 2.39. The molecule has 32 heavy (non-hydrogen) atoms. The quantitative estimate of drug-likeness (QED) is 0.311. The van der Waals surface area contributed by atoms with Gasteiger partial charge in [-0.1, -0.05) is 139 Å². The molecule has 0 spiro atoms. The Kier molecular flexibility index (Phi) is 5.82. The van der Waals surface area contributed by atoms with Crippen molar-refractivity contribution in [3.05, 3.63) is 108 Å². The highest BCUT2D eigenvalue weighted by Crippen LogP contribution is 2.41. The predicted octanol–water partition coefficient (Wildman–Crippen LogP) is 9.28. The first kappa shape index (κ1) is 22.1. The Morgan fingerprint density at radius 2 is 0.719 bits per heavy atom. The molecule has 0 fully saturated rings. The standard InChI is InChI=1S/C32H34/c1-31(2,3)29-21-25(23-13-9-7-10-14-23)17-19-27(29)28-20-18-26(22-30(28)32(4,5)6)24-15-11-8-12-16-24/h7-22H,1-6H3. The van der Waals surface area contributed by atoms with Crippen LogP contribution in [0.5, 0.6) is 0 Å². The van der Waals surface area contributed by atoms with Gasteiger partial charge in [0.05, 0.1) is 0 Å². The Hall–Kier alpha value is -3.12. The van der Waals surface area contributed by atoms with E-state index in [1.165, 1.54) is 44.5 Å². The Morgan fingerprint density at radius 1 is 0.375 bits per heavy atom. The summed E-state index contributed by atoms with van der Waals surface area (Å²) in [6.45, 7) is 13.9. The molecule has 162 valence electrons. The summed E-state index contributed by atoms with van der Waals surface area (Å²) in [6.07, 6.45) is 0. The van der Waals surface area contributed by atoms with Gasteiger partial charge in [0.25, 0.3) is 0 Å². The van der Waals surface area contributed by atoms with Crippen LogP contribution >= 0.6 is 0 Å². The largest absolute Gasteiger partial charge is 0.0622 e. The molecule has 0 bridgehead atoms. The number of benzene rings is 4. The summed E-state index contributed by atoms with van der Waals surface area (Å²) in [4.78, 5) is 0. The number of hydrogen-bond acceptors (Lipinski definition) is 0. The van der Waals surface area contributed by atoms with Crippen LogP contribution in [-0.4, -0.2) is 0 Å². The molecule has 0 N–H and O–H groups in total. The van der Waals surface area contributed by atoms with Crippen molar-refractivity contribution in [3.63, 3.8) is 0 Å². The van der Waals surface area contributed by atoms with Gasteiger partial charge in [0.1, 0.15) is 0 Å². The summed E-state index contributed by atoms with van der Waals surface area (Å²) in [5.41, 5.74) is 10.6. The molecule has 4 aromatic carbocycles. The van der Waals surface area contributed by atoms with Gasteiger partial charge < -0.3 is 0 Å². The molecule has 0 amide bonds. The van der Waals surface area contributed by atoms with Crippen LogP contribution in [0, 0.1) is 0 Å². The third kappa shape index (κ3) is 4.55. The lowest BCUT2D eigenvalue weighted by Gasteiger charge is -2.29. The van der Waals surface area contributed by atoms with E-state index in [9.17, 15) is 0 Å². The van der Waals surface area contributed by atoms with Crippen LogP contribution in [0.3, 0.4) is 0 Å². The molecular formula is C32H34. The molecule has 0 radical (unpaired) electrons. The fraction of sp³-hybridized carbons (Fsp3) is 0.250. The highest BCUT2D eigenvalue weighted by atomic mass is 14.3. The van der Waals surface area contributed by atoms with Crippen molar-refractivity contribution < 1.29 is 0 Å². The minimum absolute atomic E-state index is 0.0351. The van der Waals surface area contributed by atoms with Crippen LogP contribution in [0.15, 0.2) is 97.1 Å². The molecule has 0 heteroatoms. The molecular weight excluding hydrogens is 384 g/mol. The summed E-state index contributed by atoms with van der Waals surface area (Å²) >= 11 is 0. The van der Waals surface area contributed by atoms with Crippen molar-refractivity contribution in [3.8, 4) is 33.4 Å². The third-order valence-corrected chi connectivity index (χ3v) is 6.16. The van der Waals surface area contributed by atoms with Gasteiger partial charge in [-0.15, -0.1) is 0 Å². The fourth-order valence-corrected chi connectivity index (χ4v) is 4.42. The Morgan fingerprint density at radius 3 is 1.03 bits per heavy atom. The molecule has 0 unspecified atom stereocenters. The molecule has 0 aliphatic rings. The minimum Gasteiger partial charge on any atom is -0.0622 e. The summed E-state index contributed by atoms with van der Waals surface area (Å²) in [5.74, 6) is 0. The average molecular weight is 419 g/mol. The topological polar surface area (TPSA) is 0 Å². The second-order valence-electron chi connectivity index (χ2n) is 10.8. The van der Waals surface area contributed by atoms with Crippen LogP contribution in [0.1, 0.15) is 52.7 Å². The monoisotopic (exact) mass is 418 g/mol. The van der Waals surface area contributed by atoms with Crippen molar-refractivity contribution in [2.45, 2.75) is 52.4 Å². The van der Waals surface area contributed by atoms with E-state index in [4.69, 9.17) is 0 Å². The maximum Gasteiger partial charge on any atom is -0.0125 e. The summed E-state index contributed by atoms with van der Waals surface area (Å²) in [6, 6.07) is 35.4. The zero-order valence-corrected chi connectivity index (χ0v) is 20.2. The highest BCUT2D eigenvalue weighted by Gasteiger charge is 2.25. The highest BCUT2D eigenvalue weighted by molar-refractivity contribution is 5.80. The van der Waals surface area contributed by atoms with E-state index < -0.39 is 0 Å². The Labute approximate surface area is 194 Å². The lowest BCUT2D eigenvalue weighted by molar-refractivity contribution is 0.585. The number of rotatable bonds is 3. The van der Waals surface area contributed by atoms with Gasteiger partial charge >= 0.3 is 0 Å². The van der Waals surface area contributed by atoms with E-state index in [1.807, 2.05) is 0 Å². The van der Waals surface area contributed by atoms with Gasteiger partial charge in [0.2, 0.25) is 0 Å². The average Bonchev–Trinajstić information content (AvgIpc) is 2.78. The molecule has 0 saturated carbocycles. The van der Waals surface area contributed by atoms with Gasteiger partial charge in [-0.05, 0) is 55.3 Å². The molecule has 0 heterocycles. The zero-order chi connectivity index (χ0) is 22.9. The lowest BCUT2D eigenvalue weighted by atomic mass is 9.75.